The molecule has 0 aliphatic carbocycles. The van der Waals surface area contributed by atoms with Gasteiger partial charge in [0.05, 0.1) is 12.2 Å². The summed E-state index contributed by atoms with van der Waals surface area (Å²) in [4.78, 5) is 23.4. The van der Waals surface area contributed by atoms with Gasteiger partial charge >= 0.3 is 0 Å². The van der Waals surface area contributed by atoms with Crippen molar-refractivity contribution in [3.05, 3.63) is 53.6 Å². The third kappa shape index (κ3) is 2.93. The molecule has 1 heterocycles. The van der Waals surface area contributed by atoms with Crippen LogP contribution in [0.1, 0.15) is 22.8 Å². The largest absolute Gasteiger partial charge is 0.492 e. The molecule has 5 nitrogen and oxygen atoms in total. The summed E-state index contributed by atoms with van der Waals surface area (Å²) in [6, 6.07) is 12.6. The molecule has 0 saturated carbocycles. The SMILES string of the molecule is CC(=O)Nc1ccc(NC(=O)c2cccc3c2OCC3)cc1. The van der Waals surface area contributed by atoms with Crippen molar-refractivity contribution in [2.24, 2.45) is 0 Å². The van der Waals surface area contributed by atoms with Gasteiger partial charge in [-0.1, -0.05) is 12.1 Å². The van der Waals surface area contributed by atoms with Crippen molar-refractivity contribution in [3.8, 4) is 5.75 Å². The van der Waals surface area contributed by atoms with Crippen LogP contribution in [0.2, 0.25) is 0 Å². The van der Waals surface area contributed by atoms with Crippen LogP contribution < -0.4 is 15.4 Å². The predicted octanol–water partition coefficient (Wildman–Crippen LogP) is 2.83. The molecule has 0 aromatic heterocycles. The smallest absolute Gasteiger partial charge is 0.259 e. The molecule has 1 aliphatic heterocycles. The van der Waals surface area contributed by atoms with Gasteiger partial charge in [0.25, 0.3) is 5.91 Å². The number of ether oxygens (including phenoxy) is 1. The van der Waals surface area contributed by atoms with Gasteiger partial charge < -0.3 is 15.4 Å². The lowest BCUT2D eigenvalue weighted by Gasteiger charge is -2.09. The van der Waals surface area contributed by atoms with E-state index in [4.69, 9.17) is 4.74 Å². The second-order valence-electron chi connectivity index (χ2n) is 5.10. The number of carbonyl (C=O) groups is 2. The highest BCUT2D eigenvalue weighted by Gasteiger charge is 2.20. The Labute approximate surface area is 128 Å². The Balaban J connectivity index is 1.75. The number of hydrogen-bond donors (Lipinski definition) is 2. The average molecular weight is 296 g/mol. The first-order valence-corrected chi connectivity index (χ1v) is 7.07. The minimum Gasteiger partial charge on any atom is -0.492 e. The van der Waals surface area contributed by atoms with Gasteiger partial charge in [0, 0.05) is 24.7 Å². The summed E-state index contributed by atoms with van der Waals surface area (Å²) >= 11 is 0. The molecule has 2 amide bonds. The standard InChI is InChI=1S/C17H16N2O3/c1-11(20)18-13-5-7-14(8-6-13)19-17(21)15-4-2-3-12-9-10-22-16(12)15/h2-8H,9-10H2,1H3,(H,18,20)(H,19,21). The number of carbonyl (C=O) groups excluding carboxylic acids is 2. The summed E-state index contributed by atoms with van der Waals surface area (Å²) < 4.78 is 5.54. The average Bonchev–Trinajstić information content (AvgIpc) is 2.97. The number of fused-ring (bicyclic) bond motifs is 1. The molecule has 112 valence electrons. The zero-order valence-electron chi connectivity index (χ0n) is 12.2. The summed E-state index contributed by atoms with van der Waals surface area (Å²) in [5.41, 5.74) is 2.96. The first-order chi connectivity index (χ1) is 10.6. The zero-order chi connectivity index (χ0) is 15.5. The van der Waals surface area contributed by atoms with Crippen molar-refractivity contribution in [3.63, 3.8) is 0 Å². The Morgan fingerprint density at radius 1 is 1.00 bits per heavy atom. The highest BCUT2D eigenvalue weighted by molar-refractivity contribution is 6.06. The highest BCUT2D eigenvalue weighted by Crippen LogP contribution is 2.30. The van der Waals surface area contributed by atoms with E-state index < -0.39 is 0 Å². The Hall–Kier alpha value is -2.82. The lowest BCUT2D eigenvalue weighted by atomic mass is 10.1. The Morgan fingerprint density at radius 2 is 1.68 bits per heavy atom. The van der Waals surface area contributed by atoms with Gasteiger partial charge in [-0.25, -0.2) is 0 Å². The lowest BCUT2D eigenvalue weighted by Crippen LogP contribution is -2.13. The van der Waals surface area contributed by atoms with Crippen molar-refractivity contribution >= 4 is 23.2 Å². The fraction of sp³-hybridized carbons (Fsp3) is 0.176. The van der Waals surface area contributed by atoms with Crippen LogP contribution in [0.4, 0.5) is 11.4 Å². The topological polar surface area (TPSA) is 67.4 Å². The molecule has 0 atom stereocenters. The summed E-state index contributed by atoms with van der Waals surface area (Å²) in [5.74, 6) is 0.342. The number of anilines is 2. The third-order valence-corrected chi connectivity index (χ3v) is 3.42. The fourth-order valence-electron chi connectivity index (χ4n) is 2.43. The number of amides is 2. The molecule has 5 heteroatoms. The molecule has 0 fully saturated rings. The molecule has 2 N–H and O–H groups in total. The van der Waals surface area contributed by atoms with Crippen LogP contribution in [0.15, 0.2) is 42.5 Å². The van der Waals surface area contributed by atoms with Crippen LogP contribution in [0.25, 0.3) is 0 Å². The van der Waals surface area contributed by atoms with Crippen LogP contribution in [-0.4, -0.2) is 18.4 Å². The molecule has 0 unspecified atom stereocenters. The first-order valence-electron chi connectivity index (χ1n) is 7.07. The van der Waals surface area contributed by atoms with Crippen LogP contribution in [0.5, 0.6) is 5.75 Å². The number of benzene rings is 2. The van der Waals surface area contributed by atoms with Crippen LogP contribution in [0, 0.1) is 0 Å². The maximum Gasteiger partial charge on any atom is 0.259 e. The molecule has 0 radical (unpaired) electrons. The summed E-state index contributed by atoms with van der Waals surface area (Å²) in [7, 11) is 0. The van der Waals surface area contributed by atoms with Gasteiger partial charge in [-0.05, 0) is 35.9 Å². The molecule has 1 aliphatic rings. The van der Waals surface area contributed by atoms with E-state index in [0.29, 0.717) is 29.3 Å². The minimum atomic E-state index is -0.203. The monoisotopic (exact) mass is 296 g/mol. The van der Waals surface area contributed by atoms with Crippen LogP contribution in [0.3, 0.4) is 0 Å². The van der Waals surface area contributed by atoms with Crippen molar-refractivity contribution in [1.82, 2.24) is 0 Å². The van der Waals surface area contributed by atoms with E-state index in [9.17, 15) is 9.59 Å². The third-order valence-electron chi connectivity index (χ3n) is 3.42. The Bertz CT molecular complexity index is 723. The highest BCUT2D eigenvalue weighted by atomic mass is 16.5. The van der Waals surface area contributed by atoms with E-state index in [1.807, 2.05) is 12.1 Å². The summed E-state index contributed by atoms with van der Waals surface area (Å²) in [6.45, 7) is 2.07. The number of hydrogen-bond acceptors (Lipinski definition) is 3. The van der Waals surface area contributed by atoms with Gasteiger partial charge in [-0.2, -0.15) is 0 Å². The van der Waals surface area contributed by atoms with Crippen LogP contribution in [-0.2, 0) is 11.2 Å². The van der Waals surface area contributed by atoms with E-state index in [2.05, 4.69) is 10.6 Å². The molecule has 22 heavy (non-hydrogen) atoms. The molecule has 2 aromatic rings. The molecular formula is C17H16N2O3. The van der Waals surface area contributed by atoms with Gasteiger partial charge in [-0.3, -0.25) is 9.59 Å². The van der Waals surface area contributed by atoms with Crippen molar-refractivity contribution in [2.45, 2.75) is 13.3 Å². The van der Waals surface area contributed by atoms with Crippen molar-refractivity contribution in [2.75, 3.05) is 17.2 Å². The number of nitrogens with one attached hydrogen (secondary N) is 2. The first kappa shape index (κ1) is 14.1. The predicted molar refractivity (Wildman–Crippen MR) is 84.3 cm³/mol. The Morgan fingerprint density at radius 3 is 2.36 bits per heavy atom. The van der Waals surface area contributed by atoms with Crippen molar-refractivity contribution < 1.29 is 14.3 Å². The molecule has 2 aromatic carbocycles. The molecule has 0 bridgehead atoms. The van der Waals surface area contributed by atoms with Gasteiger partial charge in [0.1, 0.15) is 5.75 Å². The zero-order valence-corrected chi connectivity index (χ0v) is 12.2. The van der Waals surface area contributed by atoms with Gasteiger partial charge in [0.15, 0.2) is 0 Å². The second-order valence-corrected chi connectivity index (χ2v) is 5.10. The lowest BCUT2D eigenvalue weighted by molar-refractivity contribution is -0.114. The number of para-hydroxylation sites is 1. The fourth-order valence-corrected chi connectivity index (χ4v) is 2.43. The second kappa shape index (κ2) is 5.89. The maximum atomic E-state index is 12.4. The van der Waals surface area contributed by atoms with E-state index in [1.54, 1.807) is 30.3 Å². The van der Waals surface area contributed by atoms with Crippen molar-refractivity contribution in [1.29, 1.82) is 0 Å². The van der Waals surface area contributed by atoms with E-state index in [1.165, 1.54) is 6.92 Å². The molecule has 0 saturated heterocycles. The quantitative estimate of drug-likeness (QED) is 0.915. The minimum absolute atomic E-state index is 0.131. The Kier molecular flexibility index (Phi) is 3.78. The molecule has 3 rings (SSSR count). The van der Waals surface area contributed by atoms with E-state index >= 15 is 0 Å². The molecular weight excluding hydrogens is 280 g/mol. The van der Waals surface area contributed by atoms with E-state index in [-0.39, 0.29) is 11.8 Å². The maximum absolute atomic E-state index is 12.4. The summed E-state index contributed by atoms with van der Waals surface area (Å²) in [6.07, 6.45) is 0.835. The summed E-state index contributed by atoms with van der Waals surface area (Å²) in [5, 5.41) is 5.52. The molecule has 0 spiro atoms. The van der Waals surface area contributed by atoms with Crippen LogP contribution >= 0.6 is 0 Å². The normalized spacial score (nSPS) is 12.2. The van der Waals surface area contributed by atoms with Gasteiger partial charge in [-0.15, -0.1) is 0 Å². The number of rotatable bonds is 3. The van der Waals surface area contributed by atoms with Gasteiger partial charge in [0.2, 0.25) is 5.91 Å². The van der Waals surface area contributed by atoms with E-state index in [0.717, 1.165) is 12.0 Å².